The van der Waals surface area contributed by atoms with Crippen molar-refractivity contribution in [1.82, 2.24) is 9.62 Å². The summed E-state index contributed by atoms with van der Waals surface area (Å²) in [5.74, 6) is -1.19. The summed E-state index contributed by atoms with van der Waals surface area (Å²) in [5.41, 5.74) is 0.103. The minimum Gasteiger partial charge on any atom is -0.347 e. The van der Waals surface area contributed by atoms with Gasteiger partial charge in [-0.2, -0.15) is 0 Å². The number of carbonyl (C=O) groups excluding carboxylic acids is 2. The number of carbonyl (C=O) groups is 2. The SMILES string of the molecule is C[C@@H](NC(=O)CN1C(=O)c2ccccc2S1(=O)=O)c1cccs1. The maximum Gasteiger partial charge on any atom is 0.269 e. The molecule has 6 nitrogen and oxygen atoms in total. The van der Waals surface area contributed by atoms with Crippen LogP contribution in [0.25, 0.3) is 0 Å². The minimum atomic E-state index is -3.95. The Morgan fingerprint density at radius 3 is 2.65 bits per heavy atom. The van der Waals surface area contributed by atoms with Gasteiger partial charge in [-0.15, -0.1) is 11.3 Å². The average Bonchev–Trinajstić information content (AvgIpc) is 3.11. The van der Waals surface area contributed by atoms with Crippen LogP contribution in [0.3, 0.4) is 0 Å². The number of nitrogens with one attached hydrogen (secondary N) is 1. The first-order valence-corrected chi connectivity index (χ1v) is 9.22. The third-order valence-electron chi connectivity index (χ3n) is 3.55. The summed E-state index contributed by atoms with van der Waals surface area (Å²) in [6, 6.07) is 9.46. The summed E-state index contributed by atoms with van der Waals surface area (Å²) < 4.78 is 25.4. The first-order chi connectivity index (χ1) is 10.9. The van der Waals surface area contributed by atoms with Crippen LogP contribution in [0.4, 0.5) is 0 Å². The predicted molar refractivity (Wildman–Crippen MR) is 85.5 cm³/mol. The molecule has 0 saturated carbocycles. The molecule has 0 fully saturated rings. The van der Waals surface area contributed by atoms with Gasteiger partial charge in [0.25, 0.3) is 15.9 Å². The Kier molecular flexibility index (Phi) is 3.95. The van der Waals surface area contributed by atoms with E-state index >= 15 is 0 Å². The molecule has 1 N–H and O–H groups in total. The predicted octanol–water partition coefficient (Wildman–Crippen LogP) is 1.77. The fourth-order valence-corrected chi connectivity index (χ4v) is 4.67. The topological polar surface area (TPSA) is 83.6 Å². The zero-order chi connectivity index (χ0) is 16.6. The van der Waals surface area contributed by atoms with E-state index in [0.717, 1.165) is 4.88 Å². The van der Waals surface area contributed by atoms with E-state index < -0.39 is 28.4 Å². The Morgan fingerprint density at radius 2 is 2.00 bits per heavy atom. The number of rotatable bonds is 4. The first-order valence-electron chi connectivity index (χ1n) is 6.90. The van der Waals surface area contributed by atoms with Crippen LogP contribution >= 0.6 is 11.3 Å². The van der Waals surface area contributed by atoms with Crippen LogP contribution < -0.4 is 5.32 Å². The molecule has 2 aromatic rings. The molecule has 23 heavy (non-hydrogen) atoms. The third kappa shape index (κ3) is 2.75. The Labute approximate surface area is 137 Å². The van der Waals surface area contributed by atoms with Crippen molar-refractivity contribution in [2.24, 2.45) is 0 Å². The molecule has 0 radical (unpaired) electrons. The quantitative estimate of drug-likeness (QED) is 0.911. The Bertz CT molecular complexity index is 859. The molecular weight excluding hydrogens is 336 g/mol. The number of hydrogen-bond acceptors (Lipinski definition) is 5. The van der Waals surface area contributed by atoms with Crippen molar-refractivity contribution < 1.29 is 18.0 Å². The van der Waals surface area contributed by atoms with E-state index in [1.165, 1.54) is 23.5 Å². The van der Waals surface area contributed by atoms with Gasteiger partial charge in [0, 0.05) is 4.88 Å². The molecule has 1 aliphatic heterocycles. The van der Waals surface area contributed by atoms with Crippen LogP contribution in [0.15, 0.2) is 46.7 Å². The van der Waals surface area contributed by atoms with E-state index in [9.17, 15) is 18.0 Å². The van der Waals surface area contributed by atoms with E-state index in [0.29, 0.717) is 4.31 Å². The van der Waals surface area contributed by atoms with Gasteiger partial charge in [0.2, 0.25) is 5.91 Å². The molecule has 2 amide bonds. The number of fused-ring (bicyclic) bond motifs is 1. The van der Waals surface area contributed by atoms with Crippen molar-refractivity contribution >= 4 is 33.2 Å². The lowest BCUT2D eigenvalue weighted by molar-refractivity contribution is -0.121. The van der Waals surface area contributed by atoms with Crippen LogP contribution in [-0.4, -0.2) is 31.1 Å². The van der Waals surface area contributed by atoms with Crippen LogP contribution in [0.5, 0.6) is 0 Å². The number of hydrogen-bond donors (Lipinski definition) is 1. The van der Waals surface area contributed by atoms with Crippen molar-refractivity contribution in [1.29, 1.82) is 0 Å². The molecule has 0 saturated heterocycles. The number of benzene rings is 1. The van der Waals surface area contributed by atoms with Crippen LogP contribution in [0.1, 0.15) is 28.2 Å². The van der Waals surface area contributed by atoms with Crippen molar-refractivity contribution in [3.63, 3.8) is 0 Å². The molecule has 0 unspecified atom stereocenters. The molecule has 3 rings (SSSR count). The molecule has 120 valence electrons. The van der Waals surface area contributed by atoms with Crippen LogP contribution in [0.2, 0.25) is 0 Å². The lowest BCUT2D eigenvalue weighted by Gasteiger charge is -2.17. The fourth-order valence-electron chi connectivity index (χ4n) is 2.41. The van der Waals surface area contributed by atoms with E-state index in [4.69, 9.17) is 0 Å². The number of nitrogens with zero attached hydrogens (tertiary/aromatic N) is 1. The normalized spacial score (nSPS) is 16.9. The third-order valence-corrected chi connectivity index (χ3v) is 6.39. The lowest BCUT2D eigenvalue weighted by Crippen LogP contribution is -2.41. The van der Waals surface area contributed by atoms with E-state index in [1.54, 1.807) is 19.1 Å². The van der Waals surface area contributed by atoms with Gasteiger partial charge < -0.3 is 5.32 Å². The summed E-state index contributed by atoms with van der Waals surface area (Å²) >= 11 is 1.49. The minimum absolute atomic E-state index is 0.0518. The summed E-state index contributed by atoms with van der Waals surface area (Å²) in [6.45, 7) is 1.28. The highest BCUT2D eigenvalue weighted by atomic mass is 32.2. The molecule has 1 aromatic heterocycles. The van der Waals surface area contributed by atoms with Gasteiger partial charge in [0.15, 0.2) is 0 Å². The van der Waals surface area contributed by atoms with Gasteiger partial charge in [0.1, 0.15) is 11.4 Å². The summed E-state index contributed by atoms with van der Waals surface area (Å²) in [4.78, 5) is 25.3. The van der Waals surface area contributed by atoms with E-state index in [1.807, 2.05) is 17.5 Å². The Morgan fingerprint density at radius 1 is 1.26 bits per heavy atom. The molecule has 0 aliphatic carbocycles. The van der Waals surface area contributed by atoms with Crippen molar-refractivity contribution in [2.45, 2.75) is 17.9 Å². The Balaban J connectivity index is 1.76. The van der Waals surface area contributed by atoms with Gasteiger partial charge in [-0.3, -0.25) is 9.59 Å². The smallest absolute Gasteiger partial charge is 0.269 e. The summed E-state index contributed by atoms with van der Waals surface area (Å²) in [5, 5.41) is 4.60. The van der Waals surface area contributed by atoms with Crippen LogP contribution in [0, 0.1) is 0 Å². The maximum absolute atomic E-state index is 12.4. The van der Waals surface area contributed by atoms with Gasteiger partial charge in [-0.05, 0) is 30.5 Å². The van der Waals surface area contributed by atoms with Crippen molar-refractivity contribution in [2.75, 3.05) is 6.54 Å². The second-order valence-electron chi connectivity index (χ2n) is 5.12. The summed E-state index contributed by atoms with van der Waals surface area (Å²) in [6.07, 6.45) is 0. The summed E-state index contributed by atoms with van der Waals surface area (Å²) in [7, 11) is -3.95. The second-order valence-corrected chi connectivity index (χ2v) is 7.93. The number of thiophene rings is 1. The van der Waals surface area contributed by atoms with Crippen molar-refractivity contribution in [3.8, 4) is 0 Å². The highest BCUT2D eigenvalue weighted by molar-refractivity contribution is 7.90. The van der Waals surface area contributed by atoms with E-state index in [-0.39, 0.29) is 16.5 Å². The molecule has 8 heteroatoms. The van der Waals surface area contributed by atoms with Gasteiger partial charge >= 0.3 is 0 Å². The van der Waals surface area contributed by atoms with Gasteiger partial charge in [0.05, 0.1) is 11.6 Å². The first kappa shape index (κ1) is 15.7. The monoisotopic (exact) mass is 350 g/mol. The van der Waals surface area contributed by atoms with E-state index in [2.05, 4.69) is 5.32 Å². The number of amides is 2. The zero-order valence-corrected chi connectivity index (χ0v) is 13.9. The largest absolute Gasteiger partial charge is 0.347 e. The fraction of sp³-hybridized carbons (Fsp3) is 0.200. The van der Waals surface area contributed by atoms with Gasteiger partial charge in [-0.1, -0.05) is 18.2 Å². The lowest BCUT2D eigenvalue weighted by atomic mass is 10.2. The highest BCUT2D eigenvalue weighted by Gasteiger charge is 2.41. The van der Waals surface area contributed by atoms with Crippen molar-refractivity contribution in [3.05, 3.63) is 52.2 Å². The molecule has 0 bridgehead atoms. The average molecular weight is 350 g/mol. The Hall–Kier alpha value is -2.19. The van der Waals surface area contributed by atoms with Crippen LogP contribution in [-0.2, 0) is 14.8 Å². The molecule has 0 spiro atoms. The molecular formula is C15H14N2O4S2. The molecule has 1 aliphatic rings. The van der Waals surface area contributed by atoms with Gasteiger partial charge in [-0.25, -0.2) is 12.7 Å². The molecule has 1 aromatic carbocycles. The highest BCUT2D eigenvalue weighted by Crippen LogP contribution is 2.29. The standard InChI is InChI=1S/C15H14N2O4S2/c1-10(12-6-4-8-22-12)16-14(18)9-17-15(19)11-5-2-3-7-13(11)23(17,20)21/h2-8,10H,9H2,1H3,(H,16,18)/t10-/m1/s1. The maximum atomic E-state index is 12.4. The zero-order valence-electron chi connectivity index (χ0n) is 12.2. The molecule has 2 heterocycles. The second kappa shape index (κ2) is 5.78. The number of sulfonamides is 1. The molecule has 1 atom stereocenters.